The molecule has 1 saturated heterocycles. The summed E-state index contributed by atoms with van der Waals surface area (Å²) in [6.45, 7) is 0.881. The van der Waals surface area contributed by atoms with Crippen LogP contribution in [0, 0.1) is 0 Å². The molecule has 2 atom stereocenters. The van der Waals surface area contributed by atoms with E-state index in [0.29, 0.717) is 31.0 Å². The van der Waals surface area contributed by atoms with Gasteiger partial charge in [-0.3, -0.25) is 19.7 Å². The molecule has 2 unspecified atom stereocenters. The van der Waals surface area contributed by atoms with Crippen molar-refractivity contribution in [3.63, 3.8) is 0 Å². The van der Waals surface area contributed by atoms with Crippen LogP contribution in [0.1, 0.15) is 58.0 Å². The van der Waals surface area contributed by atoms with Crippen molar-refractivity contribution in [3.05, 3.63) is 52.3 Å². The lowest BCUT2D eigenvalue weighted by atomic mass is 10.0. The number of rotatable bonds is 4. The third-order valence-electron chi connectivity index (χ3n) is 6.03. The summed E-state index contributed by atoms with van der Waals surface area (Å²) >= 11 is 0. The van der Waals surface area contributed by atoms with Gasteiger partial charge in [-0.15, -0.1) is 0 Å². The van der Waals surface area contributed by atoms with E-state index in [0.717, 1.165) is 35.2 Å². The molecule has 0 spiro atoms. The Kier molecular flexibility index (Phi) is 4.47. The number of carbonyl (C=O) groups excluding carboxylic acids is 3. The van der Waals surface area contributed by atoms with E-state index in [1.165, 1.54) is 0 Å². The molecule has 3 amide bonds. The molecule has 1 aromatic carbocycles. The fourth-order valence-corrected chi connectivity index (χ4v) is 4.39. The molecule has 2 aliphatic heterocycles. The number of hydrogen-bond donors (Lipinski definition) is 3. The van der Waals surface area contributed by atoms with Crippen molar-refractivity contribution in [3.8, 4) is 0 Å². The molecule has 1 aromatic heterocycles. The number of piperidine rings is 1. The SMILES string of the molecule is NC1CCc2nc(NCc3ccc4c(c3)CN(C3CCC(=O)NC3=O)C4=O)ncc21. The zero-order chi connectivity index (χ0) is 20.8. The number of amides is 3. The first kappa shape index (κ1) is 18.7. The topological polar surface area (TPSA) is 130 Å². The standard InChI is InChI=1S/C21H22N6O3/c22-15-3-4-16-14(15)9-24-21(25-16)23-8-11-1-2-13-12(7-11)10-27(20(13)30)17-5-6-18(28)26-19(17)29/h1-2,7,9,15,17H,3-6,8,10,22H2,(H,23,24,25)(H,26,28,29). The van der Waals surface area contributed by atoms with Gasteiger partial charge in [0.15, 0.2) is 0 Å². The highest BCUT2D eigenvalue weighted by molar-refractivity contribution is 6.05. The highest BCUT2D eigenvalue weighted by atomic mass is 16.2. The number of benzene rings is 1. The second-order valence-electron chi connectivity index (χ2n) is 7.99. The Bertz CT molecular complexity index is 1070. The van der Waals surface area contributed by atoms with Crippen molar-refractivity contribution in [2.24, 2.45) is 5.73 Å². The number of nitrogens with two attached hydrogens (primary N) is 1. The van der Waals surface area contributed by atoms with Gasteiger partial charge in [0.1, 0.15) is 6.04 Å². The van der Waals surface area contributed by atoms with Crippen LogP contribution in [0.4, 0.5) is 5.95 Å². The van der Waals surface area contributed by atoms with E-state index >= 15 is 0 Å². The van der Waals surface area contributed by atoms with Gasteiger partial charge in [0.2, 0.25) is 17.8 Å². The number of carbonyl (C=O) groups is 3. The maximum atomic E-state index is 12.8. The Hall–Kier alpha value is -3.33. The first-order valence-corrected chi connectivity index (χ1v) is 10.1. The highest BCUT2D eigenvalue weighted by Gasteiger charge is 2.39. The average molecular weight is 406 g/mol. The van der Waals surface area contributed by atoms with E-state index in [1.807, 2.05) is 12.1 Å². The molecule has 2 aromatic rings. The number of nitrogens with zero attached hydrogens (tertiary/aromatic N) is 3. The number of nitrogens with one attached hydrogen (secondary N) is 2. The van der Waals surface area contributed by atoms with E-state index in [4.69, 9.17) is 5.73 Å². The van der Waals surface area contributed by atoms with Crippen molar-refractivity contribution in [2.45, 2.75) is 50.9 Å². The highest BCUT2D eigenvalue weighted by Crippen LogP contribution is 2.29. The van der Waals surface area contributed by atoms with Crippen LogP contribution in [-0.4, -0.2) is 38.6 Å². The van der Waals surface area contributed by atoms with Gasteiger partial charge in [-0.25, -0.2) is 9.97 Å². The van der Waals surface area contributed by atoms with Gasteiger partial charge in [0.05, 0.1) is 5.69 Å². The normalized spacial score (nSPS) is 22.7. The number of aromatic nitrogens is 2. The van der Waals surface area contributed by atoms with Crippen molar-refractivity contribution in [1.29, 1.82) is 0 Å². The van der Waals surface area contributed by atoms with Gasteiger partial charge in [-0.1, -0.05) is 12.1 Å². The van der Waals surface area contributed by atoms with Gasteiger partial charge >= 0.3 is 0 Å². The minimum absolute atomic E-state index is 0.0237. The molecule has 0 saturated carbocycles. The van der Waals surface area contributed by atoms with E-state index in [9.17, 15) is 14.4 Å². The summed E-state index contributed by atoms with van der Waals surface area (Å²) in [7, 11) is 0. The van der Waals surface area contributed by atoms with Crippen molar-refractivity contribution in [1.82, 2.24) is 20.2 Å². The number of aryl methyl sites for hydroxylation is 1. The number of imide groups is 1. The molecule has 1 fully saturated rings. The predicted octanol–water partition coefficient (Wildman–Crippen LogP) is 0.796. The maximum Gasteiger partial charge on any atom is 0.255 e. The van der Waals surface area contributed by atoms with Crippen LogP contribution in [0.3, 0.4) is 0 Å². The number of fused-ring (bicyclic) bond motifs is 2. The molecular weight excluding hydrogens is 384 g/mol. The monoisotopic (exact) mass is 406 g/mol. The molecular formula is C21H22N6O3. The summed E-state index contributed by atoms with van der Waals surface area (Å²) in [6, 6.07) is 5.07. The van der Waals surface area contributed by atoms with Crippen molar-refractivity contribution >= 4 is 23.7 Å². The Balaban J connectivity index is 1.28. The molecule has 9 nitrogen and oxygen atoms in total. The van der Waals surface area contributed by atoms with Gasteiger partial charge in [-0.2, -0.15) is 0 Å². The molecule has 5 rings (SSSR count). The molecule has 9 heteroatoms. The van der Waals surface area contributed by atoms with E-state index in [-0.39, 0.29) is 24.3 Å². The smallest absolute Gasteiger partial charge is 0.255 e. The third kappa shape index (κ3) is 3.21. The van der Waals surface area contributed by atoms with Gasteiger partial charge < -0.3 is 16.0 Å². The molecule has 3 aliphatic rings. The van der Waals surface area contributed by atoms with Crippen LogP contribution in [0.25, 0.3) is 0 Å². The van der Waals surface area contributed by atoms with Crippen molar-refractivity contribution < 1.29 is 14.4 Å². The molecule has 0 radical (unpaired) electrons. The second-order valence-corrected chi connectivity index (χ2v) is 7.99. The predicted molar refractivity (Wildman–Crippen MR) is 107 cm³/mol. The second kappa shape index (κ2) is 7.17. The zero-order valence-electron chi connectivity index (χ0n) is 16.4. The van der Waals surface area contributed by atoms with Crippen molar-refractivity contribution in [2.75, 3.05) is 5.32 Å². The lowest BCUT2D eigenvalue weighted by Gasteiger charge is -2.29. The molecule has 3 heterocycles. The fraction of sp³-hybridized carbons (Fsp3) is 0.381. The largest absolute Gasteiger partial charge is 0.350 e. The Morgan fingerprint density at radius 1 is 1.20 bits per heavy atom. The third-order valence-corrected chi connectivity index (χ3v) is 6.03. The molecule has 0 bridgehead atoms. The Morgan fingerprint density at radius 3 is 2.90 bits per heavy atom. The fourth-order valence-electron chi connectivity index (χ4n) is 4.39. The maximum absolute atomic E-state index is 12.8. The van der Waals surface area contributed by atoms with Gasteiger partial charge in [0, 0.05) is 42.9 Å². The lowest BCUT2D eigenvalue weighted by Crippen LogP contribution is -2.52. The van der Waals surface area contributed by atoms with Gasteiger partial charge in [0.25, 0.3) is 5.91 Å². The zero-order valence-corrected chi connectivity index (χ0v) is 16.4. The number of anilines is 1. The summed E-state index contributed by atoms with van der Waals surface area (Å²) in [6.07, 6.45) is 4.16. The van der Waals surface area contributed by atoms with Gasteiger partial charge in [-0.05, 0) is 36.5 Å². The summed E-state index contributed by atoms with van der Waals surface area (Å²) < 4.78 is 0. The quantitative estimate of drug-likeness (QED) is 0.640. The number of hydrogen-bond acceptors (Lipinski definition) is 7. The van der Waals surface area contributed by atoms with Crippen LogP contribution in [-0.2, 0) is 29.1 Å². The molecule has 30 heavy (non-hydrogen) atoms. The van der Waals surface area contributed by atoms with E-state index < -0.39 is 11.9 Å². The first-order chi connectivity index (χ1) is 14.5. The van der Waals surface area contributed by atoms with Crippen LogP contribution in [0.2, 0.25) is 0 Å². The van der Waals surface area contributed by atoms with E-state index in [2.05, 4.69) is 20.6 Å². The van der Waals surface area contributed by atoms with Crippen LogP contribution < -0.4 is 16.4 Å². The van der Waals surface area contributed by atoms with Crippen LogP contribution in [0.5, 0.6) is 0 Å². The summed E-state index contributed by atoms with van der Waals surface area (Å²) in [5.41, 5.74) is 10.5. The summed E-state index contributed by atoms with van der Waals surface area (Å²) in [5.74, 6) is -0.297. The molecule has 154 valence electrons. The molecule has 1 aliphatic carbocycles. The summed E-state index contributed by atoms with van der Waals surface area (Å²) in [4.78, 5) is 46.8. The first-order valence-electron chi connectivity index (χ1n) is 10.1. The lowest BCUT2D eigenvalue weighted by molar-refractivity contribution is -0.136. The minimum atomic E-state index is -0.602. The average Bonchev–Trinajstić information content (AvgIpc) is 3.26. The minimum Gasteiger partial charge on any atom is -0.350 e. The molecule has 4 N–H and O–H groups in total. The Labute approximate surface area is 173 Å². The summed E-state index contributed by atoms with van der Waals surface area (Å²) in [5, 5.41) is 5.55. The van der Waals surface area contributed by atoms with Crippen LogP contribution >= 0.6 is 0 Å². The van der Waals surface area contributed by atoms with E-state index in [1.54, 1.807) is 17.2 Å². The van der Waals surface area contributed by atoms with Crippen LogP contribution in [0.15, 0.2) is 24.4 Å². The Morgan fingerprint density at radius 2 is 2.07 bits per heavy atom.